The standard InChI is InChI=1S/C14H20N2O4S/c1-21-9-5-3-2-4-8-15-13-10-11(16(19)20)6-7-12(13)14(17)18/h6-7,10,15H,2-5,8-9H2,1H3,(H,17,18). The van der Waals surface area contributed by atoms with E-state index in [0.29, 0.717) is 12.2 Å². The van der Waals surface area contributed by atoms with Crippen LogP contribution in [0.15, 0.2) is 18.2 Å². The highest BCUT2D eigenvalue weighted by atomic mass is 32.2. The summed E-state index contributed by atoms with van der Waals surface area (Å²) < 4.78 is 0. The maximum Gasteiger partial charge on any atom is 0.337 e. The summed E-state index contributed by atoms with van der Waals surface area (Å²) in [5.74, 6) is 0.0638. The van der Waals surface area contributed by atoms with Gasteiger partial charge in [0.2, 0.25) is 0 Å². The number of carboxylic acid groups (broad SMARTS) is 1. The number of anilines is 1. The Kier molecular flexibility index (Phi) is 7.60. The van der Waals surface area contributed by atoms with Crippen LogP contribution in [0.2, 0.25) is 0 Å². The largest absolute Gasteiger partial charge is 0.478 e. The number of hydrogen-bond donors (Lipinski definition) is 2. The van der Waals surface area contributed by atoms with Gasteiger partial charge < -0.3 is 10.4 Å². The molecule has 0 amide bonds. The number of carboxylic acids is 1. The molecule has 0 fully saturated rings. The lowest BCUT2D eigenvalue weighted by atomic mass is 10.1. The van der Waals surface area contributed by atoms with E-state index in [1.165, 1.54) is 24.6 Å². The first-order valence-corrected chi connectivity index (χ1v) is 8.20. The van der Waals surface area contributed by atoms with Crippen molar-refractivity contribution < 1.29 is 14.8 Å². The average Bonchev–Trinajstić information content (AvgIpc) is 2.45. The van der Waals surface area contributed by atoms with Gasteiger partial charge in [0.15, 0.2) is 0 Å². The Morgan fingerprint density at radius 2 is 2.05 bits per heavy atom. The zero-order valence-electron chi connectivity index (χ0n) is 12.0. The predicted octanol–water partition coefficient (Wildman–Crippen LogP) is 3.63. The molecule has 0 heterocycles. The zero-order valence-corrected chi connectivity index (χ0v) is 12.8. The number of rotatable bonds is 10. The van der Waals surface area contributed by atoms with Crippen LogP contribution in [0, 0.1) is 10.1 Å². The van der Waals surface area contributed by atoms with Gasteiger partial charge in [0.25, 0.3) is 5.69 Å². The number of non-ortho nitro benzene ring substituents is 1. The topological polar surface area (TPSA) is 92.5 Å². The fraction of sp³-hybridized carbons (Fsp3) is 0.500. The van der Waals surface area contributed by atoms with Gasteiger partial charge in [0.05, 0.1) is 16.2 Å². The number of unbranched alkanes of at least 4 members (excludes halogenated alkanes) is 3. The number of aromatic carboxylic acids is 1. The lowest BCUT2D eigenvalue weighted by molar-refractivity contribution is -0.384. The molecule has 0 unspecified atom stereocenters. The molecule has 6 nitrogen and oxygen atoms in total. The summed E-state index contributed by atoms with van der Waals surface area (Å²) in [6, 6.07) is 3.75. The highest BCUT2D eigenvalue weighted by molar-refractivity contribution is 7.98. The summed E-state index contributed by atoms with van der Waals surface area (Å²) >= 11 is 1.83. The molecule has 1 aromatic carbocycles. The Balaban J connectivity index is 2.53. The van der Waals surface area contributed by atoms with Crippen molar-refractivity contribution in [2.75, 3.05) is 23.9 Å². The number of nitrogens with one attached hydrogen (secondary N) is 1. The fourth-order valence-electron chi connectivity index (χ4n) is 1.93. The smallest absolute Gasteiger partial charge is 0.337 e. The number of hydrogen-bond acceptors (Lipinski definition) is 5. The van der Waals surface area contributed by atoms with Crippen LogP contribution >= 0.6 is 11.8 Å². The summed E-state index contributed by atoms with van der Waals surface area (Å²) in [5.41, 5.74) is 0.256. The minimum absolute atomic E-state index is 0.0583. The molecule has 0 aliphatic carbocycles. The number of carbonyl (C=O) groups is 1. The second-order valence-corrected chi connectivity index (χ2v) is 5.61. The molecular weight excluding hydrogens is 292 g/mol. The van der Waals surface area contributed by atoms with E-state index in [-0.39, 0.29) is 11.3 Å². The van der Waals surface area contributed by atoms with Gasteiger partial charge >= 0.3 is 5.97 Å². The average molecular weight is 312 g/mol. The second kappa shape index (κ2) is 9.23. The first-order valence-electron chi connectivity index (χ1n) is 6.80. The predicted molar refractivity (Wildman–Crippen MR) is 85.4 cm³/mol. The van der Waals surface area contributed by atoms with E-state index < -0.39 is 10.9 Å². The zero-order chi connectivity index (χ0) is 15.7. The van der Waals surface area contributed by atoms with Gasteiger partial charge in [-0.25, -0.2) is 4.79 Å². The van der Waals surface area contributed by atoms with Gasteiger partial charge in [0.1, 0.15) is 0 Å². The Hall–Kier alpha value is -1.76. The van der Waals surface area contributed by atoms with Crippen LogP contribution in [0.1, 0.15) is 36.0 Å². The highest BCUT2D eigenvalue weighted by Crippen LogP contribution is 2.22. The molecular formula is C14H20N2O4S. The van der Waals surface area contributed by atoms with Crippen molar-refractivity contribution in [2.24, 2.45) is 0 Å². The van der Waals surface area contributed by atoms with Gasteiger partial charge in [-0.15, -0.1) is 0 Å². The summed E-state index contributed by atoms with van der Waals surface area (Å²) in [4.78, 5) is 21.3. The SMILES string of the molecule is CSCCCCCCNc1cc([N+](=O)[O-])ccc1C(=O)O. The van der Waals surface area contributed by atoms with Crippen LogP contribution in [0.4, 0.5) is 11.4 Å². The van der Waals surface area contributed by atoms with Gasteiger partial charge in [-0.3, -0.25) is 10.1 Å². The van der Waals surface area contributed by atoms with Gasteiger partial charge in [-0.2, -0.15) is 11.8 Å². The second-order valence-electron chi connectivity index (χ2n) is 4.63. The van der Waals surface area contributed by atoms with Crippen LogP contribution < -0.4 is 5.32 Å². The number of thioether (sulfide) groups is 1. The van der Waals surface area contributed by atoms with Crippen molar-refractivity contribution in [3.05, 3.63) is 33.9 Å². The molecule has 1 aromatic rings. The Morgan fingerprint density at radius 3 is 2.67 bits per heavy atom. The van der Waals surface area contributed by atoms with E-state index in [0.717, 1.165) is 25.0 Å². The monoisotopic (exact) mass is 312 g/mol. The van der Waals surface area contributed by atoms with Crippen molar-refractivity contribution in [3.8, 4) is 0 Å². The van der Waals surface area contributed by atoms with E-state index in [4.69, 9.17) is 5.11 Å². The van der Waals surface area contributed by atoms with Crippen molar-refractivity contribution in [1.82, 2.24) is 0 Å². The van der Waals surface area contributed by atoms with Crippen LogP contribution in [-0.4, -0.2) is 34.6 Å². The van der Waals surface area contributed by atoms with Crippen molar-refractivity contribution >= 4 is 29.1 Å². The third-order valence-corrected chi connectivity index (χ3v) is 3.73. The van der Waals surface area contributed by atoms with E-state index in [1.54, 1.807) is 0 Å². The number of nitrogens with zero attached hydrogens (tertiary/aromatic N) is 1. The number of nitro groups is 1. The molecule has 21 heavy (non-hydrogen) atoms. The van der Waals surface area contributed by atoms with E-state index >= 15 is 0 Å². The number of nitro benzene ring substituents is 1. The van der Waals surface area contributed by atoms with E-state index in [1.807, 2.05) is 11.8 Å². The van der Waals surface area contributed by atoms with Gasteiger partial charge in [0, 0.05) is 18.7 Å². The molecule has 0 atom stereocenters. The molecule has 0 saturated heterocycles. The van der Waals surface area contributed by atoms with E-state index in [9.17, 15) is 14.9 Å². The molecule has 2 N–H and O–H groups in total. The molecule has 0 saturated carbocycles. The van der Waals surface area contributed by atoms with Crippen LogP contribution in [-0.2, 0) is 0 Å². The minimum atomic E-state index is -1.09. The molecule has 7 heteroatoms. The highest BCUT2D eigenvalue weighted by Gasteiger charge is 2.14. The summed E-state index contributed by atoms with van der Waals surface area (Å²) in [5, 5.41) is 22.8. The third kappa shape index (κ3) is 6.03. The molecule has 0 aliphatic heterocycles. The molecule has 0 aliphatic rings. The van der Waals surface area contributed by atoms with Crippen LogP contribution in [0.3, 0.4) is 0 Å². The molecule has 0 spiro atoms. The molecule has 0 bridgehead atoms. The summed E-state index contributed by atoms with van der Waals surface area (Å²) in [6.07, 6.45) is 6.37. The molecule has 0 radical (unpaired) electrons. The normalized spacial score (nSPS) is 10.3. The molecule has 116 valence electrons. The van der Waals surface area contributed by atoms with Gasteiger partial charge in [-0.05, 0) is 30.9 Å². The van der Waals surface area contributed by atoms with Crippen LogP contribution in [0.25, 0.3) is 0 Å². The number of benzene rings is 1. The Morgan fingerprint density at radius 1 is 1.33 bits per heavy atom. The lowest BCUT2D eigenvalue weighted by Crippen LogP contribution is -2.08. The minimum Gasteiger partial charge on any atom is -0.478 e. The van der Waals surface area contributed by atoms with Crippen molar-refractivity contribution in [1.29, 1.82) is 0 Å². The van der Waals surface area contributed by atoms with Crippen molar-refractivity contribution in [2.45, 2.75) is 25.7 Å². The maximum atomic E-state index is 11.1. The lowest BCUT2D eigenvalue weighted by Gasteiger charge is -2.09. The molecule has 1 rings (SSSR count). The van der Waals surface area contributed by atoms with Crippen molar-refractivity contribution in [3.63, 3.8) is 0 Å². The molecule has 0 aromatic heterocycles. The summed E-state index contributed by atoms with van der Waals surface area (Å²) in [6.45, 7) is 0.612. The first kappa shape index (κ1) is 17.3. The first-order chi connectivity index (χ1) is 10.1. The quantitative estimate of drug-likeness (QED) is 0.389. The Labute approximate surface area is 128 Å². The maximum absolute atomic E-state index is 11.1. The summed E-state index contributed by atoms with van der Waals surface area (Å²) in [7, 11) is 0. The van der Waals surface area contributed by atoms with E-state index in [2.05, 4.69) is 11.6 Å². The van der Waals surface area contributed by atoms with Gasteiger partial charge in [-0.1, -0.05) is 12.8 Å². The third-order valence-electron chi connectivity index (χ3n) is 3.04. The Bertz CT molecular complexity index is 494. The fourth-order valence-corrected chi connectivity index (χ4v) is 2.42. The van der Waals surface area contributed by atoms with Crippen LogP contribution in [0.5, 0.6) is 0 Å².